The lowest BCUT2D eigenvalue weighted by Gasteiger charge is -2.53. The number of rotatable bonds is 2. The molecule has 2 aromatic rings. The SMILES string of the molecule is CC1(C)CCC[C@]2(C)Oc3cc(/C=C/c4ccc(O)cc4)cc(O)c3C[C@H]12. The maximum absolute atomic E-state index is 10.7. The fourth-order valence-electron chi connectivity index (χ4n) is 4.96. The summed E-state index contributed by atoms with van der Waals surface area (Å²) in [4.78, 5) is 0. The van der Waals surface area contributed by atoms with Gasteiger partial charge in [-0.15, -0.1) is 0 Å². The summed E-state index contributed by atoms with van der Waals surface area (Å²) in [7, 11) is 0. The maximum atomic E-state index is 10.7. The second kappa shape index (κ2) is 6.33. The van der Waals surface area contributed by atoms with Crippen molar-refractivity contribution in [3.8, 4) is 17.2 Å². The van der Waals surface area contributed by atoms with Crippen molar-refractivity contribution in [3.05, 3.63) is 53.1 Å². The number of benzene rings is 2. The predicted molar refractivity (Wildman–Crippen MR) is 109 cm³/mol. The van der Waals surface area contributed by atoms with Gasteiger partial charge >= 0.3 is 0 Å². The monoisotopic (exact) mass is 364 g/mol. The van der Waals surface area contributed by atoms with Crippen molar-refractivity contribution >= 4 is 12.2 Å². The number of hydrogen-bond acceptors (Lipinski definition) is 3. The number of phenols is 2. The first kappa shape index (κ1) is 18.0. The van der Waals surface area contributed by atoms with Gasteiger partial charge < -0.3 is 14.9 Å². The van der Waals surface area contributed by atoms with Crippen LogP contribution in [0.2, 0.25) is 0 Å². The van der Waals surface area contributed by atoms with Gasteiger partial charge in [0, 0.05) is 11.5 Å². The fourth-order valence-corrected chi connectivity index (χ4v) is 4.96. The van der Waals surface area contributed by atoms with Gasteiger partial charge in [0.1, 0.15) is 22.8 Å². The van der Waals surface area contributed by atoms with E-state index in [1.165, 1.54) is 12.8 Å². The van der Waals surface area contributed by atoms with E-state index >= 15 is 0 Å². The molecule has 142 valence electrons. The van der Waals surface area contributed by atoms with Gasteiger partial charge in [-0.25, -0.2) is 0 Å². The Balaban J connectivity index is 1.66. The summed E-state index contributed by atoms with van der Waals surface area (Å²) in [6.45, 7) is 6.89. The second-order valence-electron chi connectivity index (χ2n) is 8.96. The predicted octanol–water partition coefficient (Wildman–Crippen LogP) is 5.79. The van der Waals surface area contributed by atoms with Crippen molar-refractivity contribution < 1.29 is 14.9 Å². The molecule has 3 nitrogen and oxygen atoms in total. The first-order valence-corrected chi connectivity index (χ1v) is 9.79. The molecule has 2 aromatic carbocycles. The lowest BCUT2D eigenvalue weighted by atomic mass is 9.59. The van der Waals surface area contributed by atoms with Gasteiger partial charge in [0.25, 0.3) is 0 Å². The van der Waals surface area contributed by atoms with Gasteiger partial charge in [-0.05, 0) is 73.4 Å². The Bertz CT molecular complexity index is 879. The minimum atomic E-state index is -0.166. The summed E-state index contributed by atoms with van der Waals surface area (Å²) in [6, 6.07) is 10.9. The van der Waals surface area contributed by atoms with E-state index in [9.17, 15) is 10.2 Å². The first-order valence-electron chi connectivity index (χ1n) is 9.79. The normalized spacial score (nSPS) is 26.3. The Kier molecular flexibility index (Phi) is 4.21. The summed E-state index contributed by atoms with van der Waals surface area (Å²) >= 11 is 0. The Morgan fingerprint density at radius 1 is 0.963 bits per heavy atom. The molecule has 0 amide bonds. The van der Waals surface area contributed by atoms with Crippen LogP contribution in [-0.4, -0.2) is 15.8 Å². The van der Waals surface area contributed by atoms with E-state index in [1.54, 1.807) is 12.1 Å². The molecule has 1 aliphatic heterocycles. The minimum absolute atomic E-state index is 0.166. The van der Waals surface area contributed by atoms with Crippen LogP contribution in [0.3, 0.4) is 0 Å². The third-order valence-corrected chi connectivity index (χ3v) is 6.50. The van der Waals surface area contributed by atoms with E-state index in [-0.39, 0.29) is 16.8 Å². The van der Waals surface area contributed by atoms with Crippen LogP contribution in [0.4, 0.5) is 0 Å². The topological polar surface area (TPSA) is 49.7 Å². The van der Waals surface area contributed by atoms with Crippen LogP contribution < -0.4 is 4.74 Å². The third-order valence-electron chi connectivity index (χ3n) is 6.50. The molecule has 1 fully saturated rings. The summed E-state index contributed by atoms with van der Waals surface area (Å²) in [5, 5.41) is 20.1. The van der Waals surface area contributed by atoms with Crippen LogP contribution in [0, 0.1) is 11.3 Å². The first-order chi connectivity index (χ1) is 12.8. The van der Waals surface area contributed by atoms with Gasteiger partial charge in [-0.3, -0.25) is 0 Å². The summed E-state index contributed by atoms with van der Waals surface area (Å²) in [6.07, 6.45) is 8.26. The standard InChI is InChI=1S/C24H28O3/c1-23(2)11-4-12-24(3)22(23)15-19-20(26)13-17(14-21(19)27-24)6-5-16-7-9-18(25)10-8-16/h5-10,13-14,22,25-26H,4,11-12,15H2,1-3H3/b6-5+/t22-,24+/m1/s1. The van der Waals surface area contributed by atoms with E-state index in [0.717, 1.165) is 35.3 Å². The molecule has 0 spiro atoms. The molecule has 3 heteroatoms. The number of fused-ring (bicyclic) bond motifs is 2. The van der Waals surface area contributed by atoms with Crippen LogP contribution in [0.15, 0.2) is 36.4 Å². The molecule has 0 saturated heterocycles. The zero-order valence-corrected chi connectivity index (χ0v) is 16.3. The van der Waals surface area contributed by atoms with E-state index < -0.39 is 0 Å². The fraction of sp³-hybridized carbons (Fsp3) is 0.417. The number of hydrogen-bond donors (Lipinski definition) is 2. The van der Waals surface area contributed by atoms with Crippen molar-refractivity contribution in [1.82, 2.24) is 0 Å². The van der Waals surface area contributed by atoms with Crippen molar-refractivity contribution in [3.63, 3.8) is 0 Å². The van der Waals surface area contributed by atoms with Crippen LogP contribution in [0.1, 0.15) is 56.7 Å². The highest BCUT2D eigenvalue weighted by Crippen LogP contribution is 2.54. The number of aromatic hydroxyl groups is 2. The molecule has 0 radical (unpaired) electrons. The molecule has 2 atom stereocenters. The van der Waals surface area contributed by atoms with Crippen LogP contribution in [-0.2, 0) is 6.42 Å². The summed E-state index contributed by atoms with van der Waals surface area (Å²) in [5.74, 6) is 1.80. The van der Waals surface area contributed by atoms with Crippen LogP contribution in [0.5, 0.6) is 17.2 Å². The highest BCUT2D eigenvalue weighted by Gasteiger charge is 2.51. The summed E-state index contributed by atoms with van der Waals surface area (Å²) in [5.41, 5.74) is 2.90. The van der Waals surface area contributed by atoms with E-state index in [4.69, 9.17) is 4.74 Å². The highest BCUT2D eigenvalue weighted by atomic mass is 16.5. The van der Waals surface area contributed by atoms with E-state index in [1.807, 2.05) is 36.4 Å². The van der Waals surface area contributed by atoms with Gasteiger partial charge in [0.2, 0.25) is 0 Å². The molecule has 2 N–H and O–H groups in total. The molecule has 0 bridgehead atoms. The average molecular weight is 364 g/mol. The van der Waals surface area contributed by atoms with E-state index in [0.29, 0.717) is 11.7 Å². The third kappa shape index (κ3) is 3.31. The zero-order chi connectivity index (χ0) is 19.2. The van der Waals surface area contributed by atoms with Gasteiger partial charge in [0.15, 0.2) is 0 Å². The minimum Gasteiger partial charge on any atom is -0.508 e. The van der Waals surface area contributed by atoms with Crippen LogP contribution in [0.25, 0.3) is 12.2 Å². The highest BCUT2D eigenvalue weighted by molar-refractivity contribution is 5.72. The Morgan fingerprint density at radius 2 is 1.67 bits per heavy atom. The molecule has 1 aliphatic carbocycles. The molecule has 2 aliphatic rings. The maximum Gasteiger partial charge on any atom is 0.127 e. The molecule has 27 heavy (non-hydrogen) atoms. The number of ether oxygens (including phenoxy) is 1. The van der Waals surface area contributed by atoms with Gasteiger partial charge in [-0.1, -0.05) is 38.1 Å². The second-order valence-corrected chi connectivity index (χ2v) is 8.96. The van der Waals surface area contributed by atoms with Gasteiger partial charge in [-0.2, -0.15) is 0 Å². The molecular weight excluding hydrogens is 336 g/mol. The molecule has 0 unspecified atom stereocenters. The van der Waals surface area contributed by atoms with Crippen molar-refractivity contribution in [2.75, 3.05) is 0 Å². The van der Waals surface area contributed by atoms with Crippen LogP contribution >= 0.6 is 0 Å². The van der Waals surface area contributed by atoms with Gasteiger partial charge in [0.05, 0.1) is 0 Å². The largest absolute Gasteiger partial charge is 0.508 e. The average Bonchev–Trinajstić information content (AvgIpc) is 2.59. The van der Waals surface area contributed by atoms with Crippen molar-refractivity contribution in [2.24, 2.45) is 11.3 Å². The van der Waals surface area contributed by atoms with Crippen molar-refractivity contribution in [1.29, 1.82) is 0 Å². The van der Waals surface area contributed by atoms with Crippen molar-refractivity contribution in [2.45, 2.75) is 52.1 Å². The molecular formula is C24H28O3. The zero-order valence-electron chi connectivity index (χ0n) is 16.3. The lowest BCUT2D eigenvalue weighted by molar-refractivity contribution is -0.0819. The smallest absolute Gasteiger partial charge is 0.127 e. The molecule has 0 aromatic heterocycles. The molecule has 1 heterocycles. The Labute approximate surface area is 161 Å². The Hall–Kier alpha value is -2.42. The molecule has 1 saturated carbocycles. The van der Waals surface area contributed by atoms with E-state index in [2.05, 4.69) is 20.8 Å². The summed E-state index contributed by atoms with van der Waals surface area (Å²) < 4.78 is 6.52. The molecule has 4 rings (SSSR count). The Morgan fingerprint density at radius 3 is 2.41 bits per heavy atom. The quantitative estimate of drug-likeness (QED) is 0.663. The lowest BCUT2D eigenvalue weighted by Crippen LogP contribution is -2.53. The number of phenolic OH excluding ortho intramolecular Hbond substituents is 2.